The Bertz CT molecular complexity index is 1530. The molecule has 5 aromatic carbocycles. The Hall–Kier alpha value is -4.06. The molecule has 8 rings (SSSR count). The summed E-state index contributed by atoms with van der Waals surface area (Å²) in [6.07, 6.45) is 5.84. The van der Waals surface area contributed by atoms with E-state index in [0.29, 0.717) is 25.4 Å². The highest BCUT2D eigenvalue weighted by atomic mass is 16.6. The first kappa shape index (κ1) is 39.4. The Morgan fingerprint density at radius 3 is 1.39 bits per heavy atom. The van der Waals surface area contributed by atoms with Crippen molar-refractivity contribution in [2.24, 2.45) is 5.92 Å². The van der Waals surface area contributed by atoms with Crippen molar-refractivity contribution in [1.82, 2.24) is 0 Å². The average molecular weight is 667 g/mol. The first-order chi connectivity index (χ1) is 23.5. The van der Waals surface area contributed by atoms with E-state index in [1.165, 1.54) is 52.8 Å². The van der Waals surface area contributed by atoms with Crippen LogP contribution in [0.5, 0.6) is 17.2 Å². The molecule has 1 saturated carbocycles. The highest BCUT2D eigenvalue weighted by Gasteiger charge is 2.24. The quantitative estimate of drug-likeness (QED) is 0.147. The van der Waals surface area contributed by atoms with Gasteiger partial charge in [0.15, 0.2) is 0 Å². The number of aryl methyl sites for hydroxylation is 1. The van der Waals surface area contributed by atoms with E-state index in [1.807, 2.05) is 49.4 Å². The van der Waals surface area contributed by atoms with E-state index in [9.17, 15) is 0 Å². The van der Waals surface area contributed by atoms with Gasteiger partial charge in [-0.3, -0.25) is 0 Å². The van der Waals surface area contributed by atoms with Gasteiger partial charge >= 0.3 is 0 Å². The summed E-state index contributed by atoms with van der Waals surface area (Å²) in [5, 5.41) is 4.99. The molecule has 2 atom stereocenters. The zero-order valence-corrected chi connectivity index (χ0v) is 29.5. The Labute approximate surface area is 295 Å². The molecule has 3 fully saturated rings. The smallest absolute Gasteiger partial charge is 0.122 e. The van der Waals surface area contributed by atoms with Gasteiger partial charge in [0.2, 0.25) is 0 Å². The second-order valence-corrected chi connectivity index (χ2v) is 12.5. The predicted octanol–water partition coefficient (Wildman–Crippen LogP) is 11.5. The van der Waals surface area contributed by atoms with Gasteiger partial charge in [-0.1, -0.05) is 127 Å². The fourth-order valence-corrected chi connectivity index (χ4v) is 4.43. The van der Waals surface area contributed by atoms with Gasteiger partial charge in [-0.05, 0) is 83.1 Å². The highest BCUT2D eigenvalue weighted by Crippen LogP contribution is 2.30. The van der Waals surface area contributed by atoms with Crippen LogP contribution < -0.4 is 14.2 Å². The maximum absolute atomic E-state index is 5.74. The molecule has 0 aromatic heterocycles. The lowest BCUT2D eigenvalue weighted by Crippen LogP contribution is -2.04. The van der Waals surface area contributed by atoms with Crippen molar-refractivity contribution in [3.8, 4) is 17.2 Å². The topological polar surface area (TPSA) is 52.8 Å². The largest absolute Gasteiger partial charge is 0.493 e. The van der Waals surface area contributed by atoms with Gasteiger partial charge in [-0.15, -0.1) is 0 Å². The Morgan fingerprint density at radius 2 is 0.939 bits per heavy atom. The number of hydrogen-bond donors (Lipinski definition) is 0. The van der Waals surface area contributed by atoms with E-state index < -0.39 is 0 Å². The summed E-state index contributed by atoms with van der Waals surface area (Å²) in [5.41, 5.74) is 1.18. The van der Waals surface area contributed by atoms with Crippen molar-refractivity contribution in [2.45, 2.75) is 79.9 Å². The molecule has 3 aliphatic rings. The molecule has 5 heteroatoms. The molecule has 0 amide bonds. The van der Waals surface area contributed by atoms with Crippen LogP contribution in [-0.2, 0) is 9.47 Å². The Balaban J connectivity index is 0.000000183. The first-order valence-corrected chi connectivity index (χ1v) is 17.7. The summed E-state index contributed by atoms with van der Waals surface area (Å²) >= 11 is 0. The number of rotatable bonds is 9. The van der Waals surface area contributed by atoms with E-state index in [1.54, 1.807) is 0 Å². The number of hydrogen-bond acceptors (Lipinski definition) is 5. The summed E-state index contributed by atoms with van der Waals surface area (Å²) < 4.78 is 27.0. The standard InChI is InChI=1S/C14H14O.C13H12O2.C10H12O2.2C3H8.CH4/c1-2-4-13-9-14(8-7-12(13)3-1)15-10-11-5-6-11;1-2-4-11-7-12(6-5-10(11)3-1)14-8-13-9-15-13;1-8-4-2-3-5-10(8)12-7-9-6-11-9;2*1-3-2;/h1-4,7-9,11H,5-6,10H2;1-7,13H,8-9H2;2-5,9H,6-7H2,1H3;2*3H2,1-2H3;1H4. The zero-order valence-electron chi connectivity index (χ0n) is 29.5. The van der Waals surface area contributed by atoms with Crippen LogP contribution >= 0.6 is 0 Å². The van der Waals surface area contributed by atoms with Crippen molar-refractivity contribution in [2.75, 3.05) is 33.0 Å². The molecular weight excluding hydrogens is 608 g/mol. The molecule has 0 radical (unpaired) electrons. The zero-order chi connectivity index (χ0) is 34.0. The van der Waals surface area contributed by atoms with Crippen LogP contribution in [0, 0.1) is 12.8 Å². The van der Waals surface area contributed by atoms with Crippen LogP contribution in [0.15, 0.2) is 109 Å². The second kappa shape index (κ2) is 21.8. The summed E-state index contributed by atoms with van der Waals surface area (Å²) in [6, 6.07) is 37.1. The second-order valence-electron chi connectivity index (χ2n) is 12.5. The number of epoxide rings is 2. The van der Waals surface area contributed by atoms with Crippen LogP contribution in [0.1, 0.15) is 66.4 Å². The molecule has 2 heterocycles. The minimum Gasteiger partial charge on any atom is -0.493 e. The third-order valence-electron chi connectivity index (χ3n) is 7.38. The third-order valence-corrected chi connectivity index (χ3v) is 7.38. The number of fused-ring (bicyclic) bond motifs is 2. The molecule has 2 unspecified atom stereocenters. The maximum Gasteiger partial charge on any atom is 0.122 e. The fraction of sp³-hybridized carbons (Fsp3) is 0.409. The number of para-hydroxylation sites is 1. The van der Waals surface area contributed by atoms with Crippen molar-refractivity contribution >= 4 is 21.5 Å². The van der Waals surface area contributed by atoms with Gasteiger partial charge in [0.05, 0.1) is 19.8 Å². The van der Waals surface area contributed by atoms with Crippen LogP contribution in [0.2, 0.25) is 0 Å². The minimum atomic E-state index is 0. The van der Waals surface area contributed by atoms with E-state index in [2.05, 4.69) is 94.4 Å². The monoisotopic (exact) mass is 666 g/mol. The van der Waals surface area contributed by atoms with Gasteiger partial charge in [-0.2, -0.15) is 0 Å². The van der Waals surface area contributed by atoms with Gasteiger partial charge in [-0.25, -0.2) is 0 Å². The van der Waals surface area contributed by atoms with Gasteiger partial charge < -0.3 is 23.7 Å². The van der Waals surface area contributed by atoms with Crippen molar-refractivity contribution in [3.05, 3.63) is 115 Å². The molecule has 0 N–H and O–H groups in total. The third kappa shape index (κ3) is 15.4. The van der Waals surface area contributed by atoms with Crippen molar-refractivity contribution in [3.63, 3.8) is 0 Å². The summed E-state index contributed by atoms with van der Waals surface area (Å²) in [6.45, 7) is 14.5. The number of ether oxygens (including phenoxy) is 5. The average Bonchev–Trinajstić information content (AvgIpc) is 3.96. The molecule has 0 spiro atoms. The lowest BCUT2D eigenvalue weighted by Gasteiger charge is -2.06. The molecule has 49 heavy (non-hydrogen) atoms. The van der Waals surface area contributed by atoms with Gasteiger partial charge in [0, 0.05) is 0 Å². The highest BCUT2D eigenvalue weighted by molar-refractivity contribution is 5.84. The molecule has 5 nitrogen and oxygen atoms in total. The van der Waals surface area contributed by atoms with E-state index in [4.69, 9.17) is 23.7 Å². The first-order valence-electron chi connectivity index (χ1n) is 17.7. The fourth-order valence-electron chi connectivity index (χ4n) is 4.43. The van der Waals surface area contributed by atoms with Crippen LogP contribution in [-0.4, -0.2) is 45.2 Å². The summed E-state index contributed by atoms with van der Waals surface area (Å²) in [4.78, 5) is 0. The molecule has 1 aliphatic carbocycles. The molecular formula is C44H58O5. The van der Waals surface area contributed by atoms with E-state index in [0.717, 1.165) is 43.0 Å². The minimum absolute atomic E-state index is 0. The molecule has 2 saturated heterocycles. The lowest BCUT2D eigenvalue weighted by atomic mass is 10.1. The number of benzene rings is 5. The Kier molecular flexibility index (Phi) is 17.5. The Morgan fingerprint density at radius 1 is 0.531 bits per heavy atom. The van der Waals surface area contributed by atoms with Crippen molar-refractivity contribution in [1.29, 1.82) is 0 Å². The van der Waals surface area contributed by atoms with Crippen LogP contribution in [0.4, 0.5) is 0 Å². The van der Waals surface area contributed by atoms with E-state index >= 15 is 0 Å². The molecule has 0 bridgehead atoms. The van der Waals surface area contributed by atoms with Gasteiger partial charge in [0.1, 0.15) is 42.7 Å². The molecule has 5 aromatic rings. The SMILES string of the molecule is C.CCC.CCC.Cc1ccccc1OCC1CO1.c1ccc2cc(OCC3CC3)ccc2c1.c1ccc2cc(OCC3CO3)ccc2c1. The van der Waals surface area contributed by atoms with Crippen LogP contribution in [0.3, 0.4) is 0 Å². The summed E-state index contributed by atoms with van der Waals surface area (Å²) in [5.74, 6) is 3.70. The van der Waals surface area contributed by atoms with Gasteiger partial charge in [0.25, 0.3) is 0 Å². The maximum atomic E-state index is 5.74. The normalized spacial score (nSPS) is 16.3. The molecule has 264 valence electrons. The van der Waals surface area contributed by atoms with Crippen LogP contribution in [0.25, 0.3) is 21.5 Å². The summed E-state index contributed by atoms with van der Waals surface area (Å²) in [7, 11) is 0. The molecule has 2 aliphatic heterocycles. The van der Waals surface area contributed by atoms with E-state index in [-0.39, 0.29) is 7.43 Å². The predicted molar refractivity (Wildman–Crippen MR) is 206 cm³/mol. The van der Waals surface area contributed by atoms with Crippen molar-refractivity contribution < 1.29 is 23.7 Å². The lowest BCUT2D eigenvalue weighted by molar-refractivity contribution is 0.262.